The number of urea groups is 1. The molecule has 1 aliphatic heterocycles. The van der Waals surface area contributed by atoms with Crippen LogP contribution < -0.4 is 24.8 Å². The number of ether oxygens (including phenoxy) is 3. The van der Waals surface area contributed by atoms with E-state index in [9.17, 15) is 9.59 Å². The van der Waals surface area contributed by atoms with Crippen LogP contribution in [0.5, 0.6) is 17.2 Å². The number of hydrogen-bond acceptors (Lipinski definition) is 5. The molecule has 8 nitrogen and oxygen atoms in total. The van der Waals surface area contributed by atoms with Crippen LogP contribution in [-0.4, -0.2) is 57.8 Å². The summed E-state index contributed by atoms with van der Waals surface area (Å²) in [5.41, 5.74) is 2.49. The summed E-state index contributed by atoms with van der Waals surface area (Å²) in [6.45, 7) is 3.20. The Bertz CT molecular complexity index is 947. The number of fused-ring (bicyclic) bond motifs is 1. The van der Waals surface area contributed by atoms with Gasteiger partial charge in [-0.05, 0) is 54.8 Å². The molecule has 31 heavy (non-hydrogen) atoms. The van der Waals surface area contributed by atoms with Crippen LogP contribution in [0.4, 0.5) is 4.79 Å². The highest BCUT2D eigenvalue weighted by Crippen LogP contribution is 2.38. The summed E-state index contributed by atoms with van der Waals surface area (Å²) in [4.78, 5) is 27.2. The van der Waals surface area contributed by atoms with E-state index in [-0.39, 0.29) is 24.5 Å². The number of benzene rings is 2. The molecule has 0 saturated heterocycles. The van der Waals surface area contributed by atoms with Crippen molar-refractivity contribution in [2.45, 2.75) is 19.4 Å². The van der Waals surface area contributed by atoms with Crippen molar-refractivity contribution in [2.75, 3.05) is 41.0 Å². The topological polar surface area (TPSA) is 89.1 Å². The van der Waals surface area contributed by atoms with Gasteiger partial charge in [-0.1, -0.05) is 6.07 Å². The van der Waals surface area contributed by atoms with Gasteiger partial charge >= 0.3 is 6.03 Å². The smallest absolute Gasteiger partial charge is 0.317 e. The Balaban J connectivity index is 1.89. The molecular formula is C23H29N3O5. The van der Waals surface area contributed by atoms with Crippen molar-refractivity contribution in [1.82, 2.24) is 15.5 Å². The quantitative estimate of drug-likeness (QED) is 0.709. The van der Waals surface area contributed by atoms with E-state index in [2.05, 4.69) is 10.6 Å². The molecule has 0 bridgehead atoms. The minimum Gasteiger partial charge on any atom is -0.497 e. The standard InChI is InChI=1S/C23H29N3O5/c1-5-24-23(28)26-10-9-15-12-20(30-3)21(31-4)13-18(15)19(26)14-25-22(27)16-7-6-8-17(11-16)29-2/h6-8,11-13,19H,5,9-10,14H2,1-4H3,(H,24,28)(H,25,27)/t19-/m1/s1. The molecule has 1 heterocycles. The van der Waals surface area contributed by atoms with E-state index in [1.807, 2.05) is 19.1 Å². The predicted octanol–water partition coefficient (Wildman–Crippen LogP) is 2.77. The second-order valence-electron chi connectivity index (χ2n) is 7.14. The first-order chi connectivity index (χ1) is 15.0. The van der Waals surface area contributed by atoms with Crippen LogP contribution in [0.3, 0.4) is 0 Å². The second kappa shape index (κ2) is 10.1. The first kappa shape index (κ1) is 22.3. The zero-order valence-electron chi connectivity index (χ0n) is 18.4. The number of hydrogen-bond donors (Lipinski definition) is 2. The average Bonchev–Trinajstić information content (AvgIpc) is 2.81. The molecule has 3 amide bonds. The fraction of sp³-hybridized carbons (Fsp3) is 0.391. The maximum Gasteiger partial charge on any atom is 0.317 e. The molecule has 2 aromatic rings. The molecule has 0 unspecified atom stereocenters. The monoisotopic (exact) mass is 427 g/mol. The molecule has 2 aromatic carbocycles. The Kier molecular flexibility index (Phi) is 7.23. The van der Waals surface area contributed by atoms with Crippen molar-refractivity contribution >= 4 is 11.9 Å². The Morgan fingerprint density at radius 3 is 2.45 bits per heavy atom. The summed E-state index contributed by atoms with van der Waals surface area (Å²) in [6.07, 6.45) is 0.688. The zero-order chi connectivity index (χ0) is 22.4. The van der Waals surface area contributed by atoms with Crippen LogP contribution in [-0.2, 0) is 6.42 Å². The van der Waals surface area contributed by atoms with Crippen LogP contribution in [0.1, 0.15) is 34.5 Å². The molecule has 0 radical (unpaired) electrons. The molecule has 0 aromatic heterocycles. The summed E-state index contributed by atoms with van der Waals surface area (Å²) in [5, 5.41) is 5.83. The highest BCUT2D eigenvalue weighted by Gasteiger charge is 2.32. The van der Waals surface area contributed by atoms with Gasteiger partial charge in [-0.2, -0.15) is 0 Å². The number of amides is 3. The lowest BCUT2D eigenvalue weighted by atomic mass is 9.91. The Hall–Kier alpha value is -3.42. The van der Waals surface area contributed by atoms with E-state index in [4.69, 9.17) is 14.2 Å². The van der Waals surface area contributed by atoms with Gasteiger partial charge in [0.25, 0.3) is 5.91 Å². The molecule has 1 atom stereocenters. The van der Waals surface area contributed by atoms with Crippen LogP contribution in [0, 0.1) is 0 Å². The predicted molar refractivity (Wildman–Crippen MR) is 117 cm³/mol. The van der Waals surface area contributed by atoms with Gasteiger partial charge in [0.05, 0.1) is 27.4 Å². The van der Waals surface area contributed by atoms with Gasteiger partial charge < -0.3 is 29.7 Å². The summed E-state index contributed by atoms with van der Waals surface area (Å²) in [7, 11) is 4.73. The van der Waals surface area contributed by atoms with Gasteiger partial charge in [-0.25, -0.2) is 4.79 Å². The molecule has 1 aliphatic rings. The van der Waals surface area contributed by atoms with Crippen molar-refractivity contribution in [1.29, 1.82) is 0 Å². The normalized spacial score (nSPS) is 15.0. The van der Waals surface area contributed by atoms with E-state index in [0.29, 0.717) is 42.3 Å². The summed E-state index contributed by atoms with van der Waals surface area (Å²) in [5.74, 6) is 1.61. The highest BCUT2D eigenvalue weighted by atomic mass is 16.5. The molecule has 0 saturated carbocycles. The van der Waals surface area contributed by atoms with E-state index >= 15 is 0 Å². The first-order valence-electron chi connectivity index (χ1n) is 10.2. The number of rotatable bonds is 7. The highest BCUT2D eigenvalue weighted by molar-refractivity contribution is 5.94. The Labute approximate surface area is 182 Å². The van der Waals surface area contributed by atoms with Gasteiger partial charge in [0.2, 0.25) is 0 Å². The van der Waals surface area contributed by atoms with Crippen LogP contribution in [0.25, 0.3) is 0 Å². The van der Waals surface area contributed by atoms with Crippen molar-refractivity contribution in [3.63, 3.8) is 0 Å². The zero-order valence-corrected chi connectivity index (χ0v) is 18.4. The summed E-state index contributed by atoms with van der Waals surface area (Å²) in [6, 6.07) is 10.3. The van der Waals surface area contributed by atoms with Gasteiger partial charge in [0, 0.05) is 25.2 Å². The summed E-state index contributed by atoms with van der Waals surface area (Å²) < 4.78 is 16.1. The number of nitrogens with one attached hydrogen (secondary N) is 2. The number of methoxy groups -OCH3 is 3. The van der Waals surface area contributed by atoms with Crippen molar-refractivity contribution in [3.05, 3.63) is 53.1 Å². The fourth-order valence-corrected chi connectivity index (χ4v) is 3.80. The molecular weight excluding hydrogens is 398 g/mol. The first-order valence-corrected chi connectivity index (χ1v) is 10.2. The van der Waals surface area contributed by atoms with Crippen molar-refractivity contribution < 1.29 is 23.8 Å². The third-order valence-electron chi connectivity index (χ3n) is 5.38. The van der Waals surface area contributed by atoms with Gasteiger partial charge in [-0.3, -0.25) is 4.79 Å². The Morgan fingerprint density at radius 1 is 1.03 bits per heavy atom. The largest absolute Gasteiger partial charge is 0.497 e. The minimum absolute atomic E-state index is 0.163. The average molecular weight is 428 g/mol. The van der Waals surface area contributed by atoms with Crippen LogP contribution in [0.15, 0.2) is 36.4 Å². The van der Waals surface area contributed by atoms with E-state index < -0.39 is 0 Å². The maximum atomic E-state index is 12.8. The lowest BCUT2D eigenvalue weighted by Crippen LogP contribution is -2.49. The van der Waals surface area contributed by atoms with Gasteiger partial charge in [0.15, 0.2) is 11.5 Å². The van der Waals surface area contributed by atoms with Crippen molar-refractivity contribution in [2.24, 2.45) is 0 Å². The van der Waals surface area contributed by atoms with E-state index in [1.54, 1.807) is 50.5 Å². The lowest BCUT2D eigenvalue weighted by molar-refractivity contribution is 0.0934. The van der Waals surface area contributed by atoms with Gasteiger partial charge in [0.1, 0.15) is 5.75 Å². The SMILES string of the molecule is CCNC(=O)N1CCc2cc(OC)c(OC)cc2[C@H]1CNC(=O)c1cccc(OC)c1. The van der Waals surface area contributed by atoms with Crippen molar-refractivity contribution in [3.8, 4) is 17.2 Å². The van der Waals surface area contributed by atoms with Crippen LogP contribution in [0.2, 0.25) is 0 Å². The molecule has 8 heteroatoms. The third-order valence-corrected chi connectivity index (χ3v) is 5.38. The number of carbonyl (C=O) groups excluding carboxylic acids is 2. The molecule has 0 aliphatic carbocycles. The molecule has 2 N–H and O–H groups in total. The minimum atomic E-state index is -0.343. The fourth-order valence-electron chi connectivity index (χ4n) is 3.80. The number of carbonyl (C=O) groups is 2. The van der Waals surface area contributed by atoms with Crippen LogP contribution >= 0.6 is 0 Å². The Morgan fingerprint density at radius 2 is 1.77 bits per heavy atom. The molecule has 0 fully saturated rings. The lowest BCUT2D eigenvalue weighted by Gasteiger charge is -2.37. The van der Waals surface area contributed by atoms with Gasteiger partial charge in [-0.15, -0.1) is 0 Å². The second-order valence-corrected chi connectivity index (χ2v) is 7.14. The van der Waals surface area contributed by atoms with E-state index in [0.717, 1.165) is 11.1 Å². The number of nitrogens with zero attached hydrogens (tertiary/aromatic N) is 1. The maximum absolute atomic E-state index is 12.8. The van der Waals surface area contributed by atoms with E-state index in [1.165, 1.54) is 0 Å². The summed E-state index contributed by atoms with van der Waals surface area (Å²) >= 11 is 0. The third kappa shape index (κ3) is 4.84. The molecule has 3 rings (SSSR count). The molecule has 0 spiro atoms. The molecule has 166 valence electrons.